The molecule has 0 aromatic rings. The second-order valence-electron chi connectivity index (χ2n) is 6.53. The molecule has 0 amide bonds. The summed E-state index contributed by atoms with van der Waals surface area (Å²) in [4.78, 5) is 19.9. The predicted octanol–water partition coefficient (Wildman–Crippen LogP) is -2.44. The largest absolute Gasteiger partial charge is 0.550 e. The second kappa shape index (κ2) is 9.68. The van der Waals surface area contributed by atoms with Gasteiger partial charge in [0.25, 0.3) is 0 Å². The van der Waals surface area contributed by atoms with E-state index in [1.165, 1.54) is 0 Å². The van der Waals surface area contributed by atoms with Crippen molar-refractivity contribution >= 4 is 11.9 Å². The second-order valence-corrected chi connectivity index (χ2v) is 6.53. The topological polar surface area (TPSA) is 92.3 Å². The Morgan fingerprint density at radius 2 is 1.35 bits per heavy atom. The van der Waals surface area contributed by atoms with Crippen LogP contribution in [0.25, 0.3) is 0 Å². The molecular formula is C13H29N3O4. The van der Waals surface area contributed by atoms with Crippen LogP contribution in [-0.4, -0.2) is 76.4 Å². The average Bonchev–Trinajstić information content (AvgIpc) is 2.12. The molecule has 0 spiro atoms. The maximum atomic E-state index is 9.97. The van der Waals surface area contributed by atoms with Crippen LogP contribution in [0.4, 0.5) is 0 Å². The summed E-state index contributed by atoms with van der Waals surface area (Å²) in [5, 5.41) is 19.9. The van der Waals surface area contributed by atoms with E-state index >= 15 is 0 Å². The molecule has 20 heavy (non-hydrogen) atoms. The number of carbonyl (C=O) groups is 2. The van der Waals surface area contributed by atoms with E-state index in [4.69, 9.17) is 0 Å². The maximum absolute atomic E-state index is 9.97. The van der Waals surface area contributed by atoms with Crippen molar-refractivity contribution in [3.05, 3.63) is 0 Å². The fourth-order valence-corrected chi connectivity index (χ4v) is 1.19. The van der Waals surface area contributed by atoms with Crippen LogP contribution < -0.4 is 15.6 Å². The SMILES string of the molecule is C[N+](C)(C)CCCC(=O)[O-].C[N+](C)(C)NCCC(=O)[O-]. The summed E-state index contributed by atoms with van der Waals surface area (Å²) >= 11 is 0. The zero-order chi connectivity index (χ0) is 16.4. The van der Waals surface area contributed by atoms with Gasteiger partial charge in [-0.3, -0.25) is 4.59 Å². The third-order valence-electron chi connectivity index (χ3n) is 2.13. The summed E-state index contributed by atoms with van der Waals surface area (Å²) in [6.07, 6.45) is 0.941. The molecular weight excluding hydrogens is 262 g/mol. The minimum Gasteiger partial charge on any atom is -0.550 e. The number of aliphatic carboxylic acids is 2. The monoisotopic (exact) mass is 291 g/mol. The molecule has 0 rings (SSSR count). The number of carboxylic acids is 2. The molecule has 0 aliphatic carbocycles. The highest BCUT2D eigenvalue weighted by atomic mass is 16.4. The van der Waals surface area contributed by atoms with Gasteiger partial charge in [0.1, 0.15) is 0 Å². The number of carbonyl (C=O) groups excluding carboxylic acids is 2. The Morgan fingerprint density at radius 1 is 0.900 bits per heavy atom. The van der Waals surface area contributed by atoms with E-state index in [9.17, 15) is 19.8 Å². The fourth-order valence-electron chi connectivity index (χ4n) is 1.19. The quantitative estimate of drug-likeness (QED) is 0.396. The molecule has 0 bridgehead atoms. The minimum absolute atomic E-state index is 0.0650. The third kappa shape index (κ3) is 25.6. The Balaban J connectivity index is 0. The van der Waals surface area contributed by atoms with Crippen molar-refractivity contribution in [1.82, 2.24) is 5.43 Å². The van der Waals surface area contributed by atoms with Gasteiger partial charge in [-0.2, -0.15) is 5.43 Å². The molecule has 0 saturated carbocycles. The zero-order valence-electron chi connectivity index (χ0n) is 13.6. The molecule has 0 heterocycles. The number of quaternary nitrogens is 2. The van der Waals surface area contributed by atoms with Crippen molar-refractivity contribution < 1.29 is 28.9 Å². The lowest BCUT2D eigenvalue weighted by Crippen LogP contribution is -2.49. The Hall–Kier alpha value is -1.18. The Bertz CT molecular complexity index is 263. The maximum Gasteiger partial charge on any atom is 0.0853 e. The van der Waals surface area contributed by atoms with Crippen molar-refractivity contribution in [3.8, 4) is 0 Å². The highest BCUT2D eigenvalue weighted by Gasteiger charge is 2.05. The van der Waals surface area contributed by atoms with Gasteiger partial charge in [0.15, 0.2) is 0 Å². The molecule has 0 unspecified atom stereocenters. The molecule has 0 radical (unpaired) electrons. The first kappa shape index (κ1) is 21.1. The van der Waals surface area contributed by atoms with Crippen LogP contribution in [0.1, 0.15) is 19.3 Å². The van der Waals surface area contributed by atoms with Crippen molar-refractivity contribution in [2.24, 2.45) is 0 Å². The lowest BCUT2D eigenvalue weighted by molar-refractivity contribution is -0.915. The first-order valence-electron chi connectivity index (χ1n) is 6.60. The van der Waals surface area contributed by atoms with Gasteiger partial charge in [-0.25, -0.2) is 0 Å². The van der Waals surface area contributed by atoms with E-state index in [-0.39, 0.29) is 12.8 Å². The summed E-state index contributed by atoms with van der Waals surface area (Å²) in [5.74, 6) is -1.96. The van der Waals surface area contributed by atoms with E-state index in [0.717, 1.165) is 11.0 Å². The first-order valence-corrected chi connectivity index (χ1v) is 6.60. The van der Waals surface area contributed by atoms with Crippen LogP contribution >= 0.6 is 0 Å². The highest BCUT2D eigenvalue weighted by Crippen LogP contribution is 1.95. The number of carboxylic acid groups (broad SMARTS) is 2. The number of nitrogens with one attached hydrogen (secondary N) is 1. The Kier molecular flexibility index (Phi) is 10.2. The van der Waals surface area contributed by atoms with Crippen LogP contribution in [0, 0.1) is 0 Å². The number of hydrogen-bond acceptors (Lipinski definition) is 5. The van der Waals surface area contributed by atoms with E-state index in [1.807, 2.05) is 42.3 Å². The Labute approximate surface area is 121 Å². The molecule has 0 fully saturated rings. The molecule has 0 atom stereocenters. The van der Waals surface area contributed by atoms with Crippen molar-refractivity contribution in [2.75, 3.05) is 55.4 Å². The van der Waals surface area contributed by atoms with Gasteiger partial charge in [0, 0.05) is 31.3 Å². The standard InChI is InChI=1S/C7H15NO2.C6H14N2O2/c1-8(2,3)6-4-5-7(9)10;1-8(2,3)7-5-4-6(9)10/h4-6H2,1-3H3;7H,4-5H2,1-3H3. The third-order valence-corrected chi connectivity index (χ3v) is 2.13. The molecule has 0 aromatic carbocycles. The van der Waals surface area contributed by atoms with Crippen LogP contribution in [0.2, 0.25) is 0 Å². The van der Waals surface area contributed by atoms with Crippen molar-refractivity contribution in [1.29, 1.82) is 0 Å². The lowest BCUT2D eigenvalue weighted by Gasteiger charge is -2.23. The zero-order valence-corrected chi connectivity index (χ0v) is 13.6. The van der Waals surface area contributed by atoms with E-state index < -0.39 is 11.9 Å². The van der Waals surface area contributed by atoms with Gasteiger partial charge in [-0.05, 0) is 6.42 Å². The van der Waals surface area contributed by atoms with Gasteiger partial charge in [0.05, 0.1) is 48.8 Å². The molecule has 7 heteroatoms. The van der Waals surface area contributed by atoms with Crippen molar-refractivity contribution in [2.45, 2.75) is 19.3 Å². The average molecular weight is 291 g/mol. The number of hydrogen-bond donors (Lipinski definition) is 1. The van der Waals surface area contributed by atoms with Gasteiger partial charge in [-0.1, -0.05) is 0 Å². The van der Waals surface area contributed by atoms with Gasteiger partial charge in [0.2, 0.25) is 0 Å². The van der Waals surface area contributed by atoms with Gasteiger partial charge >= 0.3 is 0 Å². The predicted molar refractivity (Wildman–Crippen MR) is 72.8 cm³/mol. The summed E-state index contributed by atoms with van der Waals surface area (Å²) in [6.45, 7) is 1.33. The molecule has 120 valence electrons. The van der Waals surface area contributed by atoms with Gasteiger partial charge in [-0.15, -0.1) is 0 Å². The lowest BCUT2D eigenvalue weighted by atomic mass is 10.3. The summed E-state index contributed by atoms with van der Waals surface area (Å²) < 4.78 is 1.38. The van der Waals surface area contributed by atoms with Crippen LogP contribution in [0.15, 0.2) is 0 Å². The van der Waals surface area contributed by atoms with Crippen LogP contribution in [0.5, 0.6) is 0 Å². The summed E-state index contributed by atoms with van der Waals surface area (Å²) in [7, 11) is 11.9. The smallest absolute Gasteiger partial charge is 0.0853 e. The normalized spacial score (nSPS) is 11.5. The van der Waals surface area contributed by atoms with Gasteiger partial charge < -0.3 is 24.3 Å². The minimum atomic E-state index is -1.01. The molecule has 0 saturated heterocycles. The summed E-state index contributed by atoms with van der Waals surface area (Å²) in [5.41, 5.74) is 2.97. The van der Waals surface area contributed by atoms with Crippen molar-refractivity contribution in [3.63, 3.8) is 0 Å². The fraction of sp³-hybridized carbons (Fsp3) is 0.846. The molecule has 0 aromatic heterocycles. The first-order chi connectivity index (χ1) is 8.83. The molecule has 0 aliphatic rings. The number of rotatable bonds is 8. The van der Waals surface area contributed by atoms with E-state index in [2.05, 4.69) is 5.43 Å². The highest BCUT2D eigenvalue weighted by molar-refractivity contribution is 5.64. The van der Waals surface area contributed by atoms with E-state index in [0.29, 0.717) is 17.6 Å². The number of nitrogens with zero attached hydrogens (tertiary/aromatic N) is 2. The van der Waals surface area contributed by atoms with Crippen LogP contribution in [0.3, 0.4) is 0 Å². The van der Waals surface area contributed by atoms with Crippen LogP contribution in [-0.2, 0) is 9.59 Å². The van der Waals surface area contributed by atoms with E-state index in [1.54, 1.807) is 0 Å². The Morgan fingerprint density at radius 3 is 1.65 bits per heavy atom. The molecule has 0 aliphatic heterocycles. The summed E-state index contributed by atoms with van der Waals surface area (Å²) in [6, 6.07) is 0. The molecule has 1 N–H and O–H groups in total. The molecule has 7 nitrogen and oxygen atoms in total.